The molecule has 0 bridgehead atoms. The first-order valence-corrected chi connectivity index (χ1v) is 9.25. The molecule has 0 radical (unpaired) electrons. The van der Waals surface area contributed by atoms with Crippen LogP contribution in [-0.4, -0.2) is 46.4 Å². The van der Waals surface area contributed by atoms with Crippen LogP contribution < -0.4 is 5.32 Å². The van der Waals surface area contributed by atoms with Crippen LogP contribution in [0, 0.1) is 6.92 Å². The fourth-order valence-electron chi connectivity index (χ4n) is 3.71. The summed E-state index contributed by atoms with van der Waals surface area (Å²) in [6.45, 7) is 4.94. The summed E-state index contributed by atoms with van der Waals surface area (Å²) >= 11 is 0. The van der Waals surface area contributed by atoms with Crippen LogP contribution in [0.1, 0.15) is 25.6 Å². The van der Waals surface area contributed by atoms with Crippen LogP contribution in [0.3, 0.4) is 0 Å². The standard InChI is InChI=1S/C19H21N7O/c1-3-25-11(2)21-16-5-4-15(23-18(16)25)14-6-7-26-17(14)10-20-19(24-26)22-12-8-13(27)9-12/h4-7,10,12-13,27H,3,8-9H2,1-2H3,(H,22,24). The molecule has 0 amide bonds. The van der Waals surface area contributed by atoms with E-state index in [-0.39, 0.29) is 12.1 Å². The van der Waals surface area contributed by atoms with Gasteiger partial charge in [-0.2, -0.15) is 0 Å². The van der Waals surface area contributed by atoms with E-state index in [0.717, 1.165) is 53.1 Å². The molecule has 8 nitrogen and oxygen atoms in total. The van der Waals surface area contributed by atoms with Gasteiger partial charge in [-0.25, -0.2) is 19.5 Å². The van der Waals surface area contributed by atoms with Gasteiger partial charge in [0.25, 0.3) is 0 Å². The Kier molecular flexibility index (Phi) is 3.61. The lowest BCUT2D eigenvalue weighted by Crippen LogP contribution is -2.39. The van der Waals surface area contributed by atoms with Crippen molar-refractivity contribution in [3.63, 3.8) is 0 Å². The Hall–Kier alpha value is -3.00. The van der Waals surface area contributed by atoms with Crippen LogP contribution in [0.25, 0.3) is 27.9 Å². The minimum Gasteiger partial charge on any atom is -0.393 e. The molecule has 1 saturated carbocycles. The Bertz CT molecular complexity index is 1140. The molecule has 0 spiro atoms. The number of anilines is 1. The monoisotopic (exact) mass is 363 g/mol. The summed E-state index contributed by atoms with van der Waals surface area (Å²) < 4.78 is 3.93. The van der Waals surface area contributed by atoms with Crippen molar-refractivity contribution in [2.75, 3.05) is 5.32 Å². The topological polar surface area (TPSA) is 93.2 Å². The Morgan fingerprint density at radius 3 is 2.85 bits per heavy atom. The number of pyridine rings is 1. The van der Waals surface area contributed by atoms with Crippen LogP contribution >= 0.6 is 0 Å². The lowest BCUT2D eigenvalue weighted by molar-refractivity contribution is 0.0833. The normalized spacial score (nSPS) is 19.5. The van der Waals surface area contributed by atoms with Crippen LogP contribution in [0.4, 0.5) is 5.95 Å². The lowest BCUT2D eigenvalue weighted by Gasteiger charge is -2.31. The Balaban J connectivity index is 1.52. The minimum atomic E-state index is -0.203. The average molecular weight is 363 g/mol. The summed E-state index contributed by atoms with van der Waals surface area (Å²) in [5.74, 6) is 1.55. The zero-order valence-corrected chi connectivity index (χ0v) is 15.3. The number of nitrogens with zero attached hydrogens (tertiary/aromatic N) is 6. The number of aliphatic hydroxyl groups is 1. The van der Waals surface area contributed by atoms with Gasteiger partial charge in [-0.3, -0.25) is 0 Å². The van der Waals surface area contributed by atoms with Crippen LogP contribution in [0.5, 0.6) is 0 Å². The number of nitrogens with one attached hydrogen (secondary N) is 1. The molecule has 2 N–H and O–H groups in total. The Morgan fingerprint density at radius 2 is 2.07 bits per heavy atom. The first kappa shape index (κ1) is 16.2. The molecular weight excluding hydrogens is 342 g/mol. The predicted octanol–water partition coefficient (Wildman–Crippen LogP) is 2.40. The number of imidazole rings is 1. The summed E-state index contributed by atoms with van der Waals surface area (Å²) in [4.78, 5) is 13.9. The van der Waals surface area contributed by atoms with E-state index in [0.29, 0.717) is 5.95 Å². The molecule has 0 aliphatic heterocycles. The van der Waals surface area contributed by atoms with Crippen molar-refractivity contribution in [3.05, 3.63) is 36.4 Å². The van der Waals surface area contributed by atoms with Crippen LogP contribution in [0.2, 0.25) is 0 Å². The first-order valence-electron chi connectivity index (χ1n) is 9.25. The molecule has 4 aromatic heterocycles. The summed E-state index contributed by atoms with van der Waals surface area (Å²) in [6, 6.07) is 6.26. The molecule has 0 atom stereocenters. The van der Waals surface area contributed by atoms with Gasteiger partial charge < -0.3 is 15.0 Å². The number of fused-ring (bicyclic) bond motifs is 2. The smallest absolute Gasteiger partial charge is 0.241 e. The Morgan fingerprint density at radius 1 is 1.22 bits per heavy atom. The Labute approximate surface area is 155 Å². The van der Waals surface area contributed by atoms with E-state index >= 15 is 0 Å². The SMILES string of the molecule is CCn1c(C)nc2ccc(-c3ccn4nc(NC5CC(O)C5)ncc34)nc21. The highest BCUT2D eigenvalue weighted by atomic mass is 16.3. The van der Waals surface area contributed by atoms with E-state index in [9.17, 15) is 5.11 Å². The van der Waals surface area contributed by atoms with Crippen molar-refractivity contribution < 1.29 is 5.11 Å². The first-order chi connectivity index (χ1) is 13.1. The van der Waals surface area contributed by atoms with Gasteiger partial charge in [0.05, 0.1) is 23.5 Å². The zero-order valence-electron chi connectivity index (χ0n) is 15.3. The number of aromatic nitrogens is 6. The van der Waals surface area contributed by atoms with E-state index < -0.39 is 0 Å². The van der Waals surface area contributed by atoms with Gasteiger partial charge >= 0.3 is 0 Å². The highest BCUT2D eigenvalue weighted by Crippen LogP contribution is 2.27. The van der Waals surface area contributed by atoms with Crippen molar-refractivity contribution in [2.24, 2.45) is 0 Å². The maximum absolute atomic E-state index is 9.41. The van der Waals surface area contributed by atoms with Crippen molar-refractivity contribution in [1.29, 1.82) is 0 Å². The highest BCUT2D eigenvalue weighted by Gasteiger charge is 2.27. The van der Waals surface area contributed by atoms with E-state index in [2.05, 4.69) is 31.9 Å². The molecule has 4 heterocycles. The van der Waals surface area contributed by atoms with E-state index in [4.69, 9.17) is 4.98 Å². The molecular formula is C19H21N7O. The van der Waals surface area contributed by atoms with Gasteiger partial charge in [-0.05, 0) is 44.9 Å². The number of rotatable bonds is 4. The summed E-state index contributed by atoms with van der Waals surface area (Å²) in [6.07, 6.45) is 5.01. The molecule has 1 aliphatic rings. The van der Waals surface area contributed by atoms with Gasteiger partial charge in [0, 0.05) is 24.3 Å². The van der Waals surface area contributed by atoms with Crippen molar-refractivity contribution in [3.8, 4) is 11.3 Å². The third-order valence-corrected chi connectivity index (χ3v) is 5.24. The number of aliphatic hydroxyl groups excluding tert-OH is 1. The second-order valence-corrected chi connectivity index (χ2v) is 7.05. The number of hydrogen-bond donors (Lipinski definition) is 2. The van der Waals surface area contributed by atoms with Gasteiger partial charge in [-0.15, -0.1) is 5.10 Å². The third-order valence-electron chi connectivity index (χ3n) is 5.24. The quantitative estimate of drug-likeness (QED) is 0.578. The average Bonchev–Trinajstić information content (AvgIpc) is 3.19. The zero-order chi connectivity index (χ0) is 18.5. The number of hydrogen-bond acceptors (Lipinski definition) is 6. The fourth-order valence-corrected chi connectivity index (χ4v) is 3.71. The molecule has 8 heteroatoms. The number of aryl methyl sites for hydroxylation is 2. The molecule has 5 rings (SSSR count). The van der Waals surface area contributed by atoms with Gasteiger partial charge in [0.2, 0.25) is 5.95 Å². The largest absolute Gasteiger partial charge is 0.393 e. The second-order valence-electron chi connectivity index (χ2n) is 7.05. The van der Waals surface area contributed by atoms with Crippen LogP contribution in [0.15, 0.2) is 30.6 Å². The maximum Gasteiger partial charge on any atom is 0.241 e. The molecule has 0 unspecified atom stereocenters. The maximum atomic E-state index is 9.41. The van der Waals surface area contributed by atoms with Gasteiger partial charge in [-0.1, -0.05) is 0 Å². The lowest BCUT2D eigenvalue weighted by atomic mass is 9.90. The molecule has 4 aromatic rings. The summed E-state index contributed by atoms with van der Waals surface area (Å²) in [5.41, 5.74) is 4.58. The van der Waals surface area contributed by atoms with Crippen molar-refractivity contribution >= 4 is 22.6 Å². The minimum absolute atomic E-state index is 0.203. The molecule has 1 aliphatic carbocycles. The van der Waals surface area contributed by atoms with Gasteiger partial charge in [0.15, 0.2) is 5.65 Å². The molecule has 0 aromatic carbocycles. The van der Waals surface area contributed by atoms with E-state index in [1.165, 1.54) is 0 Å². The second kappa shape index (κ2) is 6.02. The van der Waals surface area contributed by atoms with E-state index in [1.807, 2.05) is 42.0 Å². The molecule has 27 heavy (non-hydrogen) atoms. The molecule has 1 fully saturated rings. The predicted molar refractivity (Wildman–Crippen MR) is 103 cm³/mol. The van der Waals surface area contributed by atoms with Crippen molar-refractivity contribution in [1.82, 2.24) is 29.1 Å². The van der Waals surface area contributed by atoms with Crippen molar-refractivity contribution in [2.45, 2.75) is 45.4 Å². The van der Waals surface area contributed by atoms with Crippen LogP contribution in [-0.2, 0) is 6.54 Å². The third kappa shape index (κ3) is 2.64. The molecule has 0 saturated heterocycles. The highest BCUT2D eigenvalue weighted by molar-refractivity contribution is 5.82. The molecule has 138 valence electrons. The van der Waals surface area contributed by atoms with Gasteiger partial charge in [0.1, 0.15) is 11.3 Å². The summed E-state index contributed by atoms with van der Waals surface area (Å²) in [7, 11) is 0. The van der Waals surface area contributed by atoms with E-state index in [1.54, 1.807) is 0 Å². The summed E-state index contributed by atoms with van der Waals surface area (Å²) in [5, 5.41) is 17.2. The fraction of sp³-hybridized carbons (Fsp3) is 0.368.